The van der Waals surface area contributed by atoms with E-state index < -0.39 is 0 Å². The van der Waals surface area contributed by atoms with Crippen molar-refractivity contribution in [1.29, 1.82) is 0 Å². The third-order valence-electron chi connectivity index (χ3n) is 8.78. The molecule has 9 nitrogen and oxygen atoms in total. The van der Waals surface area contributed by atoms with Crippen molar-refractivity contribution in [2.24, 2.45) is 4.99 Å². The van der Waals surface area contributed by atoms with Crippen LogP contribution in [0.25, 0.3) is 0 Å². The topological polar surface area (TPSA) is 89.4 Å². The van der Waals surface area contributed by atoms with Gasteiger partial charge in [0.1, 0.15) is 10.5 Å². The molecule has 3 fully saturated rings. The Morgan fingerprint density at radius 1 is 1.00 bits per heavy atom. The molecule has 3 N–H and O–H groups in total. The van der Waals surface area contributed by atoms with Gasteiger partial charge in [-0.15, -0.1) is 0 Å². The van der Waals surface area contributed by atoms with Crippen molar-refractivity contribution in [3.8, 4) is 0 Å². The van der Waals surface area contributed by atoms with Gasteiger partial charge in [-0.1, -0.05) is 37.9 Å². The van der Waals surface area contributed by atoms with Crippen LogP contribution < -0.4 is 10.6 Å². The normalized spacial score (nSPS) is 24.8. The van der Waals surface area contributed by atoms with E-state index in [4.69, 9.17) is 12.2 Å². The van der Waals surface area contributed by atoms with Gasteiger partial charge in [0.2, 0.25) is 5.95 Å². The molecule has 0 radical (unpaired) electrons. The van der Waals surface area contributed by atoms with Crippen molar-refractivity contribution in [3.63, 3.8) is 0 Å². The Kier molecular flexibility index (Phi) is 9.12. The standard InChI is InChI=1S/C28H45N9S/c1-20(29-2)25-26(31-21-10-12-23(13-11-21)36-16-14-35(3)15-17-36)33-28(34-27(25)38)32-22-18-30-37(19-22)24-8-6-4-5-7-9-24/h18-19,21,23-24H,4-17H2,1-3H3,(H3,31,32,33,34,38). The molecule has 0 atom stereocenters. The summed E-state index contributed by atoms with van der Waals surface area (Å²) in [6, 6.07) is 1.60. The van der Waals surface area contributed by atoms with Crippen LogP contribution in [0.15, 0.2) is 17.4 Å². The molecule has 0 bridgehead atoms. The Morgan fingerprint density at radius 3 is 2.39 bits per heavy atom. The highest BCUT2D eigenvalue weighted by Gasteiger charge is 2.28. The zero-order valence-corrected chi connectivity index (χ0v) is 24.2. The van der Waals surface area contributed by atoms with Gasteiger partial charge in [-0.05, 0) is 52.5 Å². The van der Waals surface area contributed by atoms with E-state index in [9.17, 15) is 0 Å². The summed E-state index contributed by atoms with van der Waals surface area (Å²) in [5.41, 5.74) is 2.71. The largest absolute Gasteiger partial charge is 0.368 e. The summed E-state index contributed by atoms with van der Waals surface area (Å²) in [5.74, 6) is 1.55. The number of aromatic nitrogens is 4. The quantitative estimate of drug-likeness (QED) is 0.247. The molecular weight excluding hydrogens is 494 g/mol. The molecule has 2 aromatic rings. The van der Waals surface area contributed by atoms with Gasteiger partial charge >= 0.3 is 0 Å². The summed E-state index contributed by atoms with van der Waals surface area (Å²) in [5, 5.41) is 11.9. The lowest BCUT2D eigenvalue weighted by Gasteiger charge is -2.41. The number of anilines is 3. The molecule has 3 aliphatic rings. The van der Waals surface area contributed by atoms with Gasteiger partial charge in [0, 0.05) is 57.2 Å². The van der Waals surface area contributed by atoms with E-state index in [1.807, 2.05) is 20.2 Å². The second kappa shape index (κ2) is 12.7. The summed E-state index contributed by atoms with van der Waals surface area (Å²) in [4.78, 5) is 17.8. The molecule has 0 spiro atoms. The molecule has 1 saturated heterocycles. The summed E-state index contributed by atoms with van der Waals surface area (Å²) < 4.78 is 2.68. The summed E-state index contributed by atoms with van der Waals surface area (Å²) in [7, 11) is 4.03. The van der Waals surface area contributed by atoms with E-state index >= 15 is 0 Å². The van der Waals surface area contributed by atoms with Crippen LogP contribution in [0.2, 0.25) is 0 Å². The van der Waals surface area contributed by atoms with Gasteiger partial charge in [0.15, 0.2) is 0 Å². The molecule has 2 saturated carbocycles. The Labute approximate surface area is 232 Å². The fourth-order valence-electron chi connectivity index (χ4n) is 6.33. The summed E-state index contributed by atoms with van der Waals surface area (Å²) in [6.45, 7) is 6.75. The highest BCUT2D eigenvalue weighted by atomic mass is 32.1. The number of nitrogens with one attached hydrogen (secondary N) is 3. The lowest BCUT2D eigenvalue weighted by atomic mass is 9.89. The Bertz CT molecular complexity index is 1130. The molecule has 2 aliphatic carbocycles. The molecule has 5 rings (SSSR count). The van der Waals surface area contributed by atoms with E-state index in [1.165, 1.54) is 77.5 Å². The molecule has 2 aromatic heterocycles. The number of hydrogen-bond acceptors (Lipinski definition) is 8. The van der Waals surface area contributed by atoms with Gasteiger partial charge in [-0.3, -0.25) is 14.6 Å². The Hall–Kier alpha value is -2.30. The summed E-state index contributed by atoms with van der Waals surface area (Å²) in [6.07, 6.45) is 16.4. The molecule has 0 amide bonds. The highest BCUT2D eigenvalue weighted by Crippen LogP contribution is 2.30. The number of piperazine rings is 1. The van der Waals surface area contributed by atoms with E-state index in [0.717, 1.165) is 35.6 Å². The average Bonchev–Trinajstić information content (AvgIpc) is 3.20. The van der Waals surface area contributed by atoms with Crippen molar-refractivity contribution < 1.29 is 0 Å². The molecular formula is C28H45N9S. The van der Waals surface area contributed by atoms with Crippen LogP contribution in [0.4, 0.5) is 17.5 Å². The third kappa shape index (κ3) is 6.63. The number of nitrogens with zero attached hydrogens (tertiary/aromatic N) is 6. The maximum Gasteiger partial charge on any atom is 0.207 e. The molecule has 38 heavy (non-hydrogen) atoms. The van der Waals surface area contributed by atoms with Crippen molar-refractivity contribution >= 4 is 35.4 Å². The molecule has 3 heterocycles. The van der Waals surface area contributed by atoms with Gasteiger partial charge < -0.3 is 20.5 Å². The maximum absolute atomic E-state index is 5.77. The summed E-state index contributed by atoms with van der Waals surface area (Å²) >= 11 is 5.77. The predicted molar refractivity (Wildman–Crippen MR) is 159 cm³/mol. The first-order valence-electron chi connectivity index (χ1n) is 14.6. The maximum atomic E-state index is 5.77. The lowest BCUT2D eigenvalue weighted by Crippen LogP contribution is -2.50. The zero-order valence-electron chi connectivity index (χ0n) is 23.4. The Morgan fingerprint density at radius 2 is 1.71 bits per heavy atom. The van der Waals surface area contributed by atoms with Crippen molar-refractivity contribution in [3.05, 3.63) is 22.6 Å². The van der Waals surface area contributed by atoms with Crippen LogP contribution in [0.5, 0.6) is 0 Å². The second-order valence-electron chi connectivity index (χ2n) is 11.4. The number of rotatable bonds is 7. The molecule has 0 unspecified atom stereocenters. The van der Waals surface area contributed by atoms with E-state index in [2.05, 4.69) is 58.4 Å². The SMILES string of the molecule is CN=C(C)c1c(NC2CCC(N3CCN(C)CC3)CC2)[nH]c(Nc2cnn(C3CCCCCC3)c2)nc1=S. The monoisotopic (exact) mass is 539 g/mol. The minimum atomic E-state index is 0.404. The molecule has 1 aliphatic heterocycles. The van der Waals surface area contributed by atoms with Gasteiger partial charge in [-0.2, -0.15) is 5.10 Å². The minimum absolute atomic E-state index is 0.404. The fraction of sp³-hybridized carbons (Fsp3) is 0.714. The van der Waals surface area contributed by atoms with Gasteiger partial charge in [0.25, 0.3) is 0 Å². The minimum Gasteiger partial charge on any atom is -0.368 e. The first-order valence-corrected chi connectivity index (χ1v) is 15.0. The molecule has 208 valence electrons. The highest BCUT2D eigenvalue weighted by molar-refractivity contribution is 7.71. The van der Waals surface area contributed by atoms with Crippen LogP contribution in [-0.4, -0.2) is 87.6 Å². The fourth-order valence-corrected chi connectivity index (χ4v) is 6.67. The number of aromatic amines is 1. The number of hydrogen-bond donors (Lipinski definition) is 3. The van der Waals surface area contributed by atoms with Gasteiger partial charge in [0.05, 0.1) is 23.5 Å². The first kappa shape index (κ1) is 27.3. The van der Waals surface area contributed by atoms with Crippen molar-refractivity contribution in [2.75, 3.05) is 50.9 Å². The number of H-pyrrole nitrogens is 1. The molecule has 0 aromatic carbocycles. The van der Waals surface area contributed by atoms with Crippen LogP contribution >= 0.6 is 12.2 Å². The first-order chi connectivity index (χ1) is 18.5. The van der Waals surface area contributed by atoms with Crippen LogP contribution in [0, 0.1) is 4.64 Å². The van der Waals surface area contributed by atoms with Crippen molar-refractivity contribution in [2.45, 2.75) is 89.3 Å². The smallest absolute Gasteiger partial charge is 0.207 e. The average molecular weight is 540 g/mol. The van der Waals surface area contributed by atoms with E-state index in [1.54, 1.807) is 0 Å². The Balaban J connectivity index is 1.27. The van der Waals surface area contributed by atoms with E-state index in [0.29, 0.717) is 28.7 Å². The van der Waals surface area contributed by atoms with Crippen LogP contribution in [0.3, 0.4) is 0 Å². The van der Waals surface area contributed by atoms with Crippen molar-refractivity contribution in [1.82, 2.24) is 29.5 Å². The number of likely N-dealkylation sites (N-methyl/N-ethyl adjacent to an activating group) is 1. The zero-order chi connectivity index (χ0) is 26.5. The van der Waals surface area contributed by atoms with Gasteiger partial charge in [-0.25, -0.2) is 4.98 Å². The predicted octanol–water partition coefficient (Wildman–Crippen LogP) is 5.38. The lowest BCUT2D eigenvalue weighted by molar-refractivity contribution is 0.0894. The van der Waals surface area contributed by atoms with Crippen LogP contribution in [0.1, 0.15) is 82.7 Å². The van der Waals surface area contributed by atoms with E-state index in [-0.39, 0.29) is 0 Å². The number of aliphatic imine (C=N–C) groups is 1. The second-order valence-corrected chi connectivity index (χ2v) is 11.8. The van der Waals surface area contributed by atoms with Crippen LogP contribution in [-0.2, 0) is 0 Å². The molecule has 10 heteroatoms. The third-order valence-corrected chi connectivity index (χ3v) is 9.08.